The molecule has 0 radical (unpaired) electrons. The number of benzene rings is 1. The molecule has 12 heavy (non-hydrogen) atoms. The molecule has 62 valence electrons. The molecule has 0 aliphatic carbocycles. The van der Waals surface area contributed by atoms with Crippen LogP contribution in [0.4, 0.5) is 0 Å². The van der Waals surface area contributed by atoms with Crippen LogP contribution >= 0.6 is 39.1 Å². The first-order valence-electron chi connectivity index (χ1n) is 3.13. The molecule has 0 aliphatic heterocycles. The van der Waals surface area contributed by atoms with Gasteiger partial charge in [-0.15, -0.1) is 0 Å². The number of hydrogen-bond acceptors (Lipinski definition) is 1. The van der Waals surface area contributed by atoms with Gasteiger partial charge in [-0.2, -0.15) is 5.26 Å². The second-order valence-corrected chi connectivity index (χ2v) is 3.54. The van der Waals surface area contributed by atoms with Crippen LogP contribution in [0.5, 0.6) is 0 Å². The van der Waals surface area contributed by atoms with Gasteiger partial charge < -0.3 is 0 Å². The molecule has 0 heterocycles. The Hall–Kier alpha value is -0.230. The first kappa shape index (κ1) is 9.85. The molecule has 1 aromatic carbocycles. The molecule has 0 saturated heterocycles. The van der Waals surface area contributed by atoms with Crippen LogP contribution in [0.1, 0.15) is 11.1 Å². The zero-order valence-corrected chi connectivity index (χ0v) is 9.04. The molecule has 0 aromatic heterocycles. The third-order valence-corrected chi connectivity index (χ3v) is 2.74. The molecular formula is C8H4BrCl2N. The van der Waals surface area contributed by atoms with Crippen LogP contribution in [0.2, 0.25) is 10.0 Å². The molecule has 0 unspecified atom stereocenters. The Morgan fingerprint density at radius 1 is 1.33 bits per heavy atom. The van der Waals surface area contributed by atoms with Gasteiger partial charge in [0.25, 0.3) is 0 Å². The van der Waals surface area contributed by atoms with E-state index in [2.05, 4.69) is 15.9 Å². The molecule has 0 aliphatic rings. The van der Waals surface area contributed by atoms with Gasteiger partial charge in [0.05, 0.1) is 21.7 Å². The molecule has 4 heteroatoms. The summed E-state index contributed by atoms with van der Waals surface area (Å²) in [5.74, 6) is 0. The van der Waals surface area contributed by atoms with Crippen LogP contribution in [0, 0.1) is 11.3 Å². The van der Waals surface area contributed by atoms with Crippen LogP contribution in [0.3, 0.4) is 0 Å². The summed E-state index contributed by atoms with van der Waals surface area (Å²) in [6, 6.07) is 5.30. The number of nitrogens with zero attached hydrogens (tertiary/aromatic N) is 1. The SMILES string of the molecule is N#Cc1cc(Cl)c(Cl)cc1CBr. The number of nitriles is 1. The molecule has 0 saturated carbocycles. The Kier molecular flexibility index (Phi) is 3.39. The summed E-state index contributed by atoms with van der Waals surface area (Å²) in [4.78, 5) is 0. The van der Waals surface area contributed by atoms with E-state index in [0.29, 0.717) is 20.9 Å². The van der Waals surface area contributed by atoms with Gasteiger partial charge in [0.15, 0.2) is 0 Å². The topological polar surface area (TPSA) is 23.8 Å². The van der Waals surface area contributed by atoms with Gasteiger partial charge >= 0.3 is 0 Å². The standard InChI is InChI=1S/C8H4BrCl2N/c9-3-5-1-7(10)8(11)2-6(5)4-12/h1-2H,3H2. The Morgan fingerprint density at radius 3 is 2.42 bits per heavy atom. The number of hydrogen-bond donors (Lipinski definition) is 0. The first-order chi connectivity index (χ1) is 5.69. The third kappa shape index (κ3) is 1.92. The Morgan fingerprint density at radius 2 is 1.92 bits per heavy atom. The van der Waals surface area contributed by atoms with Crippen molar-refractivity contribution in [1.29, 1.82) is 5.26 Å². The van der Waals surface area contributed by atoms with E-state index >= 15 is 0 Å². The lowest BCUT2D eigenvalue weighted by Crippen LogP contribution is -1.85. The highest BCUT2D eigenvalue weighted by atomic mass is 79.9. The molecule has 0 fully saturated rings. The van der Waals surface area contributed by atoms with Crippen molar-refractivity contribution in [2.75, 3.05) is 0 Å². The van der Waals surface area contributed by atoms with Crippen LogP contribution in [-0.2, 0) is 5.33 Å². The monoisotopic (exact) mass is 263 g/mol. The second-order valence-electron chi connectivity index (χ2n) is 2.17. The molecule has 0 N–H and O–H groups in total. The van der Waals surface area contributed by atoms with Crippen molar-refractivity contribution in [2.45, 2.75) is 5.33 Å². The van der Waals surface area contributed by atoms with Gasteiger partial charge in [-0.25, -0.2) is 0 Å². The molecule has 1 rings (SSSR count). The largest absolute Gasteiger partial charge is 0.192 e. The van der Waals surface area contributed by atoms with Gasteiger partial charge in [-0.05, 0) is 17.7 Å². The van der Waals surface area contributed by atoms with Gasteiger partial charge in [-0.3, -0.25) is 0 Å². The Labute approximate surface area is 89.0 Å². The molecular weight excluding hydrogens is 261 g/mol. The van der Waals surface area contributed by atoms with E-state index < -0.39 is 0 Å². The minimum Gasteiger partial charge on any atom is -0.192 e. The summed E-state index contributed by atoms with van der Waals surface area (Å²) in [5.41, 5.74) is 1.41. The van der Waals surface area contributed by atoms with E-state index in [0.717, 1.165) is 5.56 Å². The van der Waals surface area contributed by atoms with Gasteiger partial charge in [0.1, 0.15) is 0 Å². The second kappa shape index (κ2) is 4.13. The predicted octanol–water partition coefficient (Wildman–Crippen LogP) is 3.76. The summed E-state index contributed by atoms with van der Waals surface area (Å²) in [6.45, 7) is 0. The van der Waals surface area contributed by atoms with Gasteiger partial charge in [-0.1, -0.05) is 39.1 Å². The van der Waals surface area contributed by atoms with Crippen LogP contribution < -0.4 is 0 Å². The molecule has 1 aromatic rings. The smallest absolute Gasteiger partial charge is 0.0995 e. The van der Waals surface area contributed by atoms with Crippen LogP contribution in [0.25, 0.3) is 0 Å². The van der Waals surface area contributed by atoms with Crippen molar-refractivity contribution in [3.8, 4) is 6.07 Å². The fourth-order valence-corrected chi connectivity index (χ4v) is 1.62. The van der Waals surface area contributed by atoms with Crippen molar-refractivity contribution in [3.63, 3.8) is 0 Å². The van der Waals surface area contributed by atoms with Gasteiger partial charge in [0.2, 0.25) is 0 Å². The highest BCUT2D eigenvalue weighted by Gasteiger charge is 2.05. The lowest BCUT2D eigenvalue weighted by atomic mass is 10.1. The molecule has 1 nitrogen and oxygen atoms in total. The first-order valence-corrected chi connectivity index (χ1v) is 5.00. The quantitative estimate of drug-likeness (QED) is 0.709. The van der Waals surface area contributed by atoms with Crippen molar-refractivity contribution >= 4 is 39.1 Å². The van der Waals surface area contributed by atoms with Crippen molar-refractivity contribution in [3.05, 3.63) is 33.3 Å². The van der Waals surface area contributed by atoms with Gasteiger partial charge in [0, 0.05) is 5.33 Å². The Balaban J connectivity index is 3.31. The normalized spacial score (nSPS) is 9.50. The summed E-state index contributed by atoms with van der Waals surface area (Å²) in [5, 5.41) is 10.2. The summed E-state index contributed by atoms with van der Waals surface area (Å²) in [6.07, 6.45) is 0. The number of alkyl halides is 1. The average Bonchev–Trinajstić information content (AvgIpc) is 2.09. The van der Waals surface area contributed by atoms with Crippen LogP contribution in [0.15, 0.2) is 12.1 Å². The highest BCUT2D eigenvalue weighted by molar-refractivity contribution is 9.08. The fraction of sp³-hybridized carbons (Fsp3) is 0.125. The minimum atomic E-state index is 0.415. The highest BCUT2D eigenvalue weighted by Crippen LogP contribution is 2.26. The Bertz CT molecular complexity index is 344. The van der Waals surface area contributed by atoms with E-state index in [4.69, 9.17) is 28.5 Å². The van der Waals surface area contributed by atoms with Crippen molar-refractivity contribution < 1.29 is 0 Å². The zero-order chi connectivity index (χ0) is 9.14. The summed E-state index contributed by atoms with van der Waals surface area (Å²) >= 11 is 14.7. The lowest BCUT2D eigenvalue weighted by molar-refractivity contribution is 1.37. The average molecular weight is 265 g/mol. The molecule has 0 atom stereocenters. The van der Waals surface area contributed by atoms with Crippen LogP contribution in [-0.4, -0.2) is 0 Å². The third-order valence-electron chi connectivity index (χ3n) is 1.41. The van der Waals surface area contributed by atoms with E-state index in [-0.39, 0.29) is 0 Å². The van der Waals surface area contributed by atoms with E-state index in [9.17, 15) is 0 Å². The van der Waals surface area contributed by atoms with Crippen molar-refractivity contribution in [1.82, 2.24) is 0 Å². The molecule has 0 amide bonds. The maximum absolute atomic E-state index is 8.69. The minimum absolute atomic E-state index is 0.415. The van der Waals surface area contributed by atoms with Crippen molar-refractivity contribution in [2.24, 2.45) is 0 Å². The predicted molar refractivity (Wildman–Crippen MR) is 53.8 cm³/mol. The lowest BCUT2D eigenvalue weighted by Gasteiger charge is -2.01. The number of halogens is 3. The summed E-state index contributed by atoms with van der Waals surface area (Å²) < 4.78 is 0. The van der Waals surface area contributed by atoms with E-state index in [1.165, 1.54) is 0 Å². The maximum atomic E-state index is 8.69. The summed E-state index contributed by atoms with van der Waals surface area (Å²) in [7, 11) is 0. The fourth-order valence-electron chi connectivity index (χ4n) is 0.803. The maximum Gasteiger partial charge on any atom is 0.0995 e. The molecule has 0 bridgehead atoms. The number of rotatable bonds is 1. The zero-order valence-electron chi connectivity index (χ0n) is 5.94. The van der Waals surface area contributed by atoms with E-state index in [1.807, 2.05) is 6.07 Å². The molecule has 0 spiro atoms. The van der Waals surface area contributed by atoms with E-state index in [1.54, 1.807) is 12.1 Å².